The lowest BCUT2D eigenvalue weighted by Gasteiger charge is -2.53. The number of likely N-dealkylation sites (tertiary alicyclic amines) is 2. The van der Waals surface area contributed by atoms with E-state index >= 15 is 0 Å². The van der Waals surface area contributed by atoms with Crippen LogP contribution in [0.5, 0.6) is 5.75 Å². The van der Waals surface area contributed by atoms with Crippen LogP contribution in [0.25, 0.3) is 0 Å². The first kappa shape index (κ1) is 41.3. The minimum absolute atomic E-state index is 0. The summed E-state index contributed by atoms with van der Waals surface area (Å²) >= 11 is 0. The molecule has 7 nitrogen and oxygen atoms in total. The normalized spacial score (nSPS) is 22.1. The number of ether oxygens (including phenoxy) is 2. The Kier molecular flexibility index (Phi) is 11.6. The van der Waals surface area contributed by atoms with E-state index in [9.17, 15) is 14.7 Å². The van der Waals surface area contributed by atoms with Crippen molar-refractivity contribution in [1.29, 1.82) is 0 Å². The standard InChI is InChI=1S/C42H72N2O5.H2/c1-18-19-20-42(34(46)48-29-24-38(8,9)43(16)39(10,11)25-29,35(47)49-30-26-40(12,13)44(17)41(14,15)27-30)23-28-21-31(36(2,3)4)33(45)32(22-28)37(5,6)7;/h21-22,29-30,45H,18-20,23-27H2,1-17H3;1H/i;1+1. The Morgan fingerprint density at radius 1 is 0.735 bits per heavy atom. The number of phenolic OH excluding ortho intramolecular Hbond substituents is 1. The van der Waals surface area contributed by atoms with Gasteiger partial charge in [-0.15, -0.1) is 0 Å². The Morgan fingerprint density at radius 3 is 1.35 bits per heavy atom. The quantitative estimate of drug-likeness (QED) is 0.205. The highest BCUT2D eigenvalue weighted by Gasteiger charge is 2.53. The molecule has 282 valence electrons. The van der Waals surface area contributed by atoms with Gasteiger partial charge in [0.15, 0.2) is 5.41 Å². The number of phenols is 1. The zero-order chi connectivity index (χ0) is 37.8. The van der Waals surface area contributed by atoms with E-state index in [0.29, 0.717) is 38.5 Å². The van der Waals surface area contributed by atoms with Gasteiger partial charge in [0.1, 0.15) is 18.0 Å². The van der Waals surface area contributed by atoms with Crippen molar-refractivity contribution in [2.45, 2.75) is 200 Å². The van der Waals surface area contributed by atoms with Gasteiger partial charge in [-0.2, -0.15) is 0 Å². The van der Waals surface area contributed by atoms with Crippen LogP contribution >= 0.6 is 0 Å². The van der Waals surface area contributed by atoms with Crippen LogP contribution in [0.3, 0.4) is 0 Å². The smallest absolute Gasteiger partial charge is 0.324 e. The van der Waals surface area contributed by atoms with E-state index in [1.807, 2.05) is 12.1 Å². The van der Waals surface area contributed by atoms with E-state index in [2.05, 4.69) is 128 Å². The fourth-order valence-corrected chi connectivity index (χ4v) is 8.54. The van der Waals surface area contributed by atoms with Crippen molar-refractivity contribution in [2.75, 3.05) is 14.1 Å². The van der Waals surface area contributed by atoms with Crippen LogP contribution in [-0.4, -0.2) is 75.3 Å². The number of benzene rings is 1. The number of carbonyl (C=O) groups excluding carboxylic acids is 2. The average molecular weight is 688 g/mol. The molecule has 3 rings (SSSR count). The number of esters is 2. The van der Waals surface area contributed by atoms with Crippen LogP contribution in [0.4, 0.5) is 0 Å². The molecule has 2 fully saturated rings. The minimum atomic E-state index is -1.54. The first-order chi connectivity index (χ1) is 22.0. The maximum absolute atomic E-state index is 15.0. The molecule has 0 bridgehead atoms. The summed E-state index contributed by atoms with van der Waals surface area (Å²) in [4.78, 5) is 34.7. The maximum Gasteiger partial charge on any atom is 0.324 e. The zero-order valence-electron chi connectivity index (χ0n) is 34.4. The molecule has 7 heteroatoms. The second kappa shape index (κ2) is 13.8. The molecule has 2 saturated heterocycles. The molecule has 2 aliphatic heterocycles. The summed E-state index contributed by atoms with van der Waals surface area (Å²) in [6.45, 7) is 32.1. The molecule has 0 amide bonds. The summed E-state index contributed by atoms with van der Waals surface area (Å²) in [5, 5.41) is 11.5. The van der Waals surface area contributed by atoms with Crippen LogP contribution < -0.4 is 0 Å². The van der Waals surface area contributed by atoms with Gasteiger partial charge in [0, 0.05) is 49.3 Å². The predicted molar refractivity (Wildman–Crippen MR) is 203 cm³/mol. The van der Waals surface area contributed by atoms with Crippen molar-refractivity contribution in [3.8, 4) is 5.75 Å². The second-order valence-electron chi connectivity index (χ2n) is 20.1. The lowest BCUT2D eigenvalue weighted by atomic mass is 9.73. The van der Waals surface area contributed by atoms with E-state index in [1.54, 1.807) is 0 Å². The number of aromatic hydroxyl groups is 1. The third-order valence-corrected chi connectivity index (χ3v) is 12.1. The molecule has 1 N–H and O–H groups in total. The fourth-order valence-electron chi connectivity index (χ4n) is 8.54. The van der Waals surface area contributed by atoms with Crippen molar-refractivity contribution < 1.29 is 25.6 Å². The Bertz CT molecular complexity index is 1240. The molecular weight excluding hydrogens is 612 g/mol. The topological polar surface area (TPSA) is 79.3 Å². The summed E-state index contributed by atoms with van der Waals surface area (Å²) in [7, 11) is 4.27. The summed E-state index contributed by atoms with van der Waals surface area (Å²) in [6.07, 6.45) is 4.01. The molecule has 2 aliphatic rings. The summed E-state index contributed by atoms with van der Waals surface area (Å²) in [5.74, 6) is -0.692. The molecule has 0 aliphatic carbocycles. The van der Waals surface area contributed by atoms with E-state index in [-0.39, 0.29) is 58.8 Å². The van der Waals surface area contributed by atoms with Gasteiger partial charge in [-0.1, -0.05) is 73.4 Å². The minimum Gasteiger partial charge on any atom is -0.507 e. The number of hydrogen-bond donors (Lipinski definition) is 1. The molecule has 1 aromatic rings. The highest BCUT2D eigenvalue weighted by Crippen LogP contribution is 2.45. The Morgan fingerprint density at radius 2 is 1.06 bits per heavy atom. The number of piperidine rings is 2. The highest BCUT2D eigenvalue weighted by atomic mass is 16.6. The van der Waals surface area contributed by atoms with Crippen LogP contribution in [0.15, 0.2) is 12.1 Å². The van der Waals surface area contributed by atoms with Crippen molar-refractivity contribution in [3.05, 3.63) is 28.8 Å². The molecule has 0 spiro atoms. The SMILES string of the molecule is CCCCC(Cc1cc(C(C)(C)C)c(O)c(C(C)(C)C)c1)(C(=O)OC1CC(C)(C)N(C)C(C)(C)C1)C(=O)OC1CC(C)(C)N(C)C(C)(C)C1.[2HH]. The first-order valence-electron chi connectivity index (χ1n) is 18.8. The lowest BCUT2D eigenvalue weighted by molar-refractivity contribution is -0.188. The second-order valence-corrected chi connectivity index (χ2v) is 20.1. The molecule has 0 unspecified atom stereocenters. The van der Waals surface area contributed by atoms with Gasteiger partial charge in [-0.25, -0.2) is 0 Å². The average Bonchev–Trinajstić information content (AvgIpc) is 2.91. The molecular formula is C42H74N2O5. The van der Waals surface area contributed by atoms with Gasteiger partial charge in [-0.3, -0.25) is 19.4 Å². The van der Waals surface area contributed by atoms with E-state index in [0.717, 1.165) is 23.1 Å². The van der Waals surface area contributed by atoms with Crippen LogP contribution in [0, 0.1) is 5.41 Å². The molecule has 0 radical (unpaired) electrons. The maximum atomic E-state index is 15.0. The van der Waals surface area contributed by atoms with Gasteiger partial charge in [0.2, 0.25) is 0 Å². The Hall–Kier alpha value is -2.12. The molecule has 1 aromatic carbocycles. The third-order valence-electron chi connectivity index (χ3n) is 12.1. The van der Waals surface area contributed by atoms with Gasteiger partial charge >= 0.3 is 11.9 Å². The summed E-state index contributed by atoms with van der Waals surface area (Å²) < 4.78 is 13.1. The Balaban J connectivity index is 0.00000867. The first-order valence-corrected chi connectivity index (χ1v) is 18.8. The number of nitrogens with zero attached hydrogens (tertiary/aromatic N) is 2. The lowest BCUT2D eigenvalue weighted by Crippen LogP contribution is -2.61. The monoisotopic (exact) mass is 688 g/mol. The Labute approximate surface area is 301 Å². The zero-order valence-corrected chi connectivity index (χ0v) is 34.4. The largest absolute Gasteiger partial charge is 0.507 e. The molecule has 49 heavy (non-hydrogen) atoms. The van der Waals surface area contributed by atoms with Crippen molar-refractivity contribution in [1.82, 2.24) is 9.80 Å². The number of unbranched alkanes of at least 4 members (excludes halogenated alkanes) is 1. The van der Waals surface area contributed by atoms with E-state index in [1.165, 1.54) is 0 Å². The molecule has 0 saturated carbocycles. The number of hydrogen-bond acceptors (Lipinski definition) is 7. The predicted octanol–water partition coefficient (Wildman–Crippen LogP) is 9.34. The summed E-state index contributed by atoms with van der Waals surface area (Å²) in [5.41, 5.74) is -0.562. The van der Waals surface area contributed by atoms with E-state index < -0.39 is 17.4 Å². The van der Waals surface area contributed by atoms with Gasteiger partial charge in [0.25, 0.3) is 0 Å². The molecule has 0 atom stereocenters. The van der Waals surface area contributed by atoms with Crippen molar-refractivity contribution in [2.24, 2.45) is 5.41 Å². The van der Waals surface area contributed by atoms with Gasteiger partial charge in [0.05, 0.1) is 0 Å². The van der Waals surface area contributed by atoms with E-state index in [4.69, 9.17) is 9.47 Å². The molecule has 2 heterocycles. The van der Waals surface area contributed by atoms with Crippen molar-refractivity contribution in [3.63, 3.8) is 0 Å². The van der Waals surface area contributed by atoms with Crippen LogP contribution in [0.2, 0.25) is 0 Å². The fraction of sp³-hybridized carbons (Fsp3) is 0.810. The summed E-state index contributed by atoms with van der Waals surface area (Å²) in [6, 6.07) is 3.99. The van der Waals surface area contributed by atoms with Crippen molar-refractivity contribution >= 4 is 11.9 Å². The van der Waals surface area contributed by atoms with Gasteiger partial charge < -0.3 is 14.6 Å². The van der Waals surface area contributed by atoms with Crippen LogP contribution in [-0.2, 0) is 36.3 Å². The third kappa shape index (κ3) is 8.86. The molecule has 0 aromatic heterocycles. The number of rotatable bonds is 9. The number of carbonyl (C=O) groups is 2. The van der Waals surface area contributed by atoms with Crippen LogP contribution in [0.1, 0.15) is 167 Å². The van der Waals surface area contributed by atoms with Gasteiger partial charge in [-0.05, 0) is 110 Å². The highest BCUT2D eigenvalue weighted by molar-refractivity contribution is 6.00.